The predicted molar refractivity (Wildman–Crippen MR) is 90.6 cm³/mol. The van der Waals surface area contributed by atoms with E-state index in [1.807, 2.05) is 32.3 Å². The van der Waals surface area contributed by atoms with Crippen LogP contribution in [0.5, 0.6) is 5.75 Å². The van der Waals surface area contributed by atoms with Crippen LogP contribution >= 0.6 is 0 Å². The van der Waals surface area contributed by atoms with Crippen LogP contribution in [0, 0.1) is 0 Å². The lowest BCUT2D eigenvalue weighted by Crippen LogP contribution is -2.38. The quantitative estimate of drug-likeness (QED) is 0.689. The van der Waals surface area contributed by atoms with E-state index in [1.54, 1.807) is 0 Å². The van der Waals surface area contributed by atoms with Crippen LogP contribution in [0.3, 0.4) is 0 Å². The first-order chi connectivity index (χ1) is 10.5. The summed E-state index contributed by atoms with van der Waals surface area (Å²) in [5.74, 6) is 1.33. The lowest BCUT2D eigenvalue weighted by atomic mass is 10.0. The molecule has 0 bridgehead atoms. The van der Waals surface area contributed by atoms with Crippen molar-refractivity contribution in [2.24, 2.45) is 0 Å². The van der Waals surface area contributed by atoms with Gasteiger partial charge in [0.05, 0.1) is 6.54 Å². The Kier molecular flexibility index (Phi) is 8.36. The first-order valence-corrected chi connectivity index (χ1v) is 7.88. The number of hydrogen-bond acceptors (Lipinski definition) is 3. The van der Waals surface area contributed by atoms with E-state index in [0.717, 1.165) is 18.7 Å². The van der Waals surface area contributed by atoms with Crippen molar-refractivity contribution in [2.45, 2.75) is 26.2 Å². The van der Waals surface area contributed by atoms with E-state index in [-0.39, 0.29) is 6.03 Å². The number of nitrogens with one attached hydrogen (secondary N) is 2. The van der Waals surface area contributed by atoms with Gasteiger partial charge in [-0.2, -0.15) is 0 Å². The fourth-order valence-corrected chi connectivity index (χ4v) is 1.96. The molecule has 1 rings (SSSR count). The number of ether oxygens (including phenoxy) is 1. The third-order valence-electron chi connectivity index (χ3n) is 3.25. The minimum Gasteiger partial charge on any atom is -0.492 e. The van der Waals surface area contributed by atoms with Gasteiger partial charge in [-0.3, -0.25) is 0 Å². The van der Waals surface area contributed by atoms with Gasteiger partial charge in [0.15, 0.2) is 0 Å². The van der Waals surface area contributed by atoms with Gasteiger partial charge in [0.25, 0.3) is 0 Å². The fourth-order valence-electron chi connectivity index (χ4n) is 1.96. The molecule has 1 aromatic rings. The second-order valence-electron chi connectivity index (χ2n) is 5.92. The van der Waals surface area contributed by atoms with E-state index in [0.29, 0.717) is 25.6 Å². The van der Waals surface area contributed by atoms with Gasteiger partial charge in [-0.15, -0.1) is 0 Å². The highest BCUT2D eigenvalue weighted by molar-refractivity contribution is 5.73. The van der Waals surface area contributed by atoms with Crippen LogP contribution in [-0.4, -0.2) is 51.3 Å². The van der Waals surface area contributed by atoms with Crippen molar-refractivity contribution in [2.75, 3.05) is 40.3 Å². The average molecular weight is 307 g/mol. The molecule has 5 heteroatoms. The molecule has 0 aliphatic heterocycles. The third kappa shape index (κ3) is 7.88. The van der Waals surface area contributed by atoms with Crippen LogP contribution in [-0.2, 0) is 0 Å². The van der Waals surface area contributed by atoms with E-state index >= 15 is 0 Å². The second kappa shape index (κ2) is 10.1. The maximum Gasteiger partial charge on any atom is 0.314 e. The Bertz CT molecular complexity index is 447. The van der Waals surface area contributed by atoms with Crippen LogP contribution in [0.15, 0.2) is 24.3 Å². The highest BCUT2D eigenvalue weighted by Crippen LogP contribution is 2.19. The van der Waals surface area contributed by atoms with Gasteiger partial charge >= 0.3 is 6.03 Å². The van der Waals surface area contributed by atoms with Crippen LogP contribution in [0.25, 0.3) is 0 Å². The Balaban J connectivity index is 2.14. The van der Waals surface area contributed by atoms with E-state index < -0.39 is 0 Å². The molecular weight excluding hydrogens is 278 g/mol. The zero-order valence-electron chi connectivity index (χ0n) is 14.2. The number of amides is 2. The summed E-state index contributed by atoms with van der Waals surface area (Å²) in [6.45, 7) is 6.91. The Labute approximate surface area is 134 Å². The van der Waals surface area contributed by atoms with Crippen molar-refractivity contribution in [3.63, 3.8) is 0 Å². The molecule has 2 amide bonds. The summed E-state index contributed by atoms with van der Waals surface area (Å²) in [5.41, 5.74) is 1.25. The minimum atomic E-state index is -0.140. The SMILES string of the molecule is CC(C)c1cccc(OCCNC(=O)NCCCN(C)C)c1. The number of nitrogens with zero attached hydrogens (tertiary/aromatic N) is 1. The molecular formula is C17H29N3O2. The predicted octanol–water partition coefficient (Wildman–Crippen LogP) is 2.44. The van der Waals surface area contributed by atoms with Gasteiger partial charge in [0.1, 0.15) is 12.4 Å². The minimum absolute atomic E-state index is 0.140. The zero-order chi connectivity index (χ0) is 16.4. The molecule has 0 heterocycles. The topological polar surface area (TPSA) is 53.6 Å². The van der Waals surface area contributed by atoms with Gasteiger partial charge in [0.2, 0.25) is 0 Å². The molecule has 0 aliphatic carbocycles. The fraction of sp³-hybridized carbons (Fsp3) is 0.588. The number of carbonyl (C=O) groups is 1. The monoisotopic (exact) mass is 307 g/mol. The van der Waals surface area contributed by atoms with Crippen molar-refractivity contribution in [1.29, 1.82) is 0 Å². The standard InChI is InChI=1S/C17H29N3O2/c1-14(2)15-7-5-8-16(13-15)22-12-10-19-17(21)18-9-6-11-20(3)4/h5,7-8,13-14H,6,9-12H2,1-4H3,(H2,18,19,21). The molecule has 0 saturated heterocycles. The number of carbonyl (C=O) groups excluding carboxylic acids is 1. The Morgan fingerprint density at radius 1 is 1.23 bits per heavy atom. The number of benzene rings is 1. The van der Waals surface area contributed by atoms with Crippen molar-refractivity contribution < 1.29 is 9.53 Å². The molecule has 0 unspecified atom stereocenters. The van der Waals surface area contributed by atoms with E-state index in [4.69, 9.17) is 4.74 Å². The van der Waals surface area contributed by atoms with Crippen LogP contribution in [0.2, 0.25) is 0 Å². The summed E-state index contributed by atoms with van der Waals surface area (Å²) in [5, 5.41) is 5.62. The van der Waals surface area contributed by atoms with E-state index in [1.165, 1.54) is 5.56 Å². The van der Waals surface area contributed by atoms with Gasteiger partial charge in [-0.1, -0.05) is 26.0 Å². The number of urea groups is 1. The first-order valence-electron chi connectivity index (χ1n) is 7.88. The van der Waals surface area contributed by atoms with E-state index in [9.17, 15) is 4.79 Å². The van der Waals surface area contributed by atoms with Gasteiger partial charge in [-0.05, 0) is 50.7 Å². The zero-order valence-corrected chi connectivity index (χ0v) is 14.2. The molecule has 0 radical (unpaired) electrons. The summed E-state index contributed by atoms with van der Waals surface area (Å²) < 4.78 is 5.66. The molecule has 0 spiro atoms. The molecule has 2 N–H and O–H groups in total. The normalized spacial score (nSPS) is 10.8. The average Bonchev–Trinajstić information content (AvgIpc) is 2.48. The molecule has 124 valence electrons. The molecule has 0 atom stereocenters. The van der Waals surface area contributed by atoms with Crippen LogP contribution in [0.1, 0.15) is 31.7 Å². The largest absolute Gasteiger partial charge is 0.492 e. The highest BCUT2D eigenvalue weighted by atomic mass is 16.5. The third-order valence-corrected chi connectivity index (χ3v) is 3.25. The van der Waals surface area contributed by atoms with Crippen molar-refractivity contribution in [3.05, 3.63) is 29.8 Å². The van der Waals surface area contributed by atoms with Crippen LogP contribution < -0.4 is 15.4 Å². The lowest BCUT2D eigenvalue weighted by Gasteiger charge is -2.12. The highest BCUT2D eigenvalue weighted by Gasteiger charge is 2.02. The van der Waals surface area contributed by atoms with Crippen molar-refractivity contribution in [1.82, 2.24) is 15.5 Å². The smallest absolute Gasteiger partial charge is 0.314 e. The molecule has 22 heavy (non-hydrogen) atoms. The molecule has 0 saturated carbocycles. The maximum absolute atomic E-state index is 11.6. The summed E-state index contributed by atoms with van der Waals surface area (Å²) in [4.78, 5) is 13.6. The summed E-state index contributed by atoms with van der Waals surface area (Å²) in [6, 6.07) is 7.93. The Hall–Kier alpha value is -1.75. The second-order valence-corrected chi connectivity index (χ2v) is 5.92. The number of hydrogen-bond donors (Lipinski definition) is 2. The lowest BCUT2D eigenvalue weighted by molar-refractivity contribution is 0.236. The van der Waals surface area contributed by atoms with Crippen molar-refractivity contribution >= 4 is 6.03 Å². The summed E-state index contributed by atoms with van der Waals surface area (Å²) in [6.07, 6.45) is 0.943. The van der Waals surface area contributed by atoms with Crippen molar-refractivity contribution in [3.8, 4) is 5.75 Å². The van der Waals surface area contributed by atoms with Gasteiger partial charge in [-0.25, -0.2) is 4.79 Å². The molecule has 1 aromatic carbocycles. The Morgan fingerprint density at radius 2 is 1.95 bits per heavy atom. The summed E-state index contributed by atoms with van der Waals surface area (Å²) >= 11 is 0. The summed E-state index contributed by atoms with van der Waals surface area (Å²) in [7, 11) is 4.04. The first kappa shape index (κ1) is 18.3. The molecule has 0 fully saturated rings. The van der Waals surface area contributed by atoms with Gasteiger partial charge < -0.3 is 20.3 Å². The molecule has 5 nitrogen and oxygen atoms in total. The molecule has 0 aromatic heterocycles. The number of rotatable bonds is 9. The van der Waals surface area contributed by atoms with Gasteiger partial charge in [0, 0.05) is 6.54 Å². The van der Waals surface area contributed by atoms with E-state index in [2.05, 4.69) is 35.4 Å². The maximum atomic E-state index is 11.6. The van der Waals surface area contributed by atoms with Crippen LogP contribution in [0.4, 0.5) is 4.79 Å². The molecule has 0 aliphatic rings. The Morgan fingerprint density at radius 3 is 2.64 bits per heavy atom.